The number of ether oxygens (including phenoxy) is 1. The summed E-state index contributed by atoms with van der Waals surface area (Å²) in [6.45, 7) is 3.54. The molecule has 0 aromatic carbocycles. The third kappa shape index (κ3) is 3.91. The van der Waals surface area contributed by atoms with Gasteiger partial charge in [0.25, 0.3) is 0 Å². The number of rotatable bonds is 6. The van der Waals surface area contributed by atoms with E-state index in [-0.39, 0.29) is 5.28 Å². The molecule has 0 unspecified atom stereocenters. The molecule has 0 N–H and O–H groups in total. The summed E-state index contributed by atoms with van der Waals surface area (Å²) >= 11 is 5.99. The molecule has 106 valence electrons. The Labute approximate surface area is 118 Å². The van der Waals surface area contributed by atoms with Crippen molar-refractivity contribution in [3.8, 4) is 0 Å². The normalized spacial score (nSPS) is 15.0. The molecular weight excluding hydrogens is 266 g/mol. The average Bonchev–Trinajstić information content (AvgIpc) is 2.92. The van der Waals surface area contributed by atoms with Crippen LogP contribution in [0.2, 0.25) is 5.28 Å². The van der Waals surface area contributed by atoms with Gasteiger partial charge in [0, 0.05) is 40.4 Å². The topological polar surface area (TPSA) is 54.4 Å². The van der Waals surface area contributed by atoms with Crippen LogP contribution >= 0.6 is 11.6 Å². The van der Waals surface area contributed by atoms with Crippen LogP contribution in [0.15, 0.2) is 0 Å². The first kappa shape index (κ1) is 14.3. The van der Waals surface area contributed by atoms with E-state index in [4.69, 9.17) is 16.3 Å². The quantitative estimate of drug-likeness (QED) is 0.740. The van der Waals surface area contributed by atoms with Crippen molar-refractivity contribution in [1.82, 2.24) is 15.0 Å². The highest BCUT2D eigenvalue weighted by Gasteiger charge is 2.18. The zero-order valence-corrected chi connectivity index (χ0v) is 12.2. The van der Waals surface area contributed by atoms with Crippen LogP contribution in [0.5, 0.6) is 0 Å². The molecule has 0 aliphatic carbocycles. The van der Waals surface area contributed by atoms with E-state index in [1.165, 1.54) is 12.8 Å². The number of methoxy groups -OCH3 is 1. The van der Waals surface area contributed by atoms with E-state index >= 15 is 0 Å². The van der Waals surface area contributed by atoms with Crippen LogP contribution in [0.3, 0.4) is 0 Å². The number of aromatic nitrogens is 3. The molecule has 1 aromatic rings. The fourth-order valence-corrected chi connectivity index (χ4v) is 2.26. The Hall–Kier alpha value is -1.14. The van der Waals surface area contributed by atoms with E-state index in [1.807, 2.05) is 11.9 Å². The van der Waals surface area contributed by atoms with Crippen LogP contribution in [-0.4, -0.2) is 55.4 Å². The fourth-order valence-electron chi connectivity index (χ4n) is 2.10. The van der Waals surface area contributed by atoms with Crippen molar-refractivity contribution in [2.75, 3.05) is 50.2 Å². The first-order chi connectivity index (χ1) is 9.20. The van der Waals surface area contributed by atoms with Crippen LogP contribution in [0.1, 0.15) is 19.3 Å². The highest BCUT2D eigenvalue weighted by atomic mass is 35.5. The maximum absolute atomic E-state index is 5.99. The van der Waals surface area contributed by atoms with Crippen LogP contribution < -0.4 is 9.80 Å². The number of hydrogen-bond donors (Lipinski definition) is 0. The lowest BCUT2D eigenvalue weighted by Gasteiger charge is -2.20. The van der Waals surface area contributed by atoms with Gasteiger partial charge in [0.15, 0.2) is 0 Å². The zero-order valence-electron chi connectivity index (χ0n) is 11.5. The van der Waals surface area contributed by atoms with E-state index in [1.54, 1.807) is 7.11 Å². The summed E-state index contributed by atoms with van der Waals surface area (Å²) < 4.78 is 5.04. The average molecular weight is 286 g/mol. The smallest absolute Gasteiger partial charge is 0.231 e. The van der Waals surface area contributed by atoms with E-state index in [0.717, 1.165) is 32.7 Å². The summed E-state index contributed by atoms with van der Waals surface area (Å²) in [6.07, 6.45) is 3.29. The molecule has 6 nitrogen and oxygen atoms in total. The molecule has 19 heavy (non-hydrogen) atoms. The lowest BCUT2D eigenvalue weighted by molar-refractivity contribution is 0.196. The monoisotopic (exact) mass is 285 g/mol. The van der Waals surface area contributed by atoms with Crippen molar-refractivity contribution in [2.24, 2.45) is 0 Å². The van der Waals surface area contributed by atoms with Crippen molar-refractivity contribution < 1.29 is 4.74 Å². The summed E-state index contributed by atoms with van der Waals surface area (Å²) in [5, 5.41) is 0.255. The summed E-state index contributed by atoms with van der Waals surface area (Å²) in [6, 6.07) is 0. The molecule has 7 heteroatoms. The number of nitrogens with zero attached hydrogens (tertiary/aromatic N) is 5. The molecule has 1 fully saturated rings. The molecule has 0 radical (unpaired) electrons. The largest absolute Gasteiger partial charge is 0.385 e. The van der Waals surface area contributed by atoms with Gasteiger partial charge in [-0.1, -0.05) is 0 Å². The van der Waals surface area contributed by atoms with Gasteiger partial charge in [-0.25, -0.2) is 0 Å². The Morgan fingerprint density at radius 3 is 2.68 bits per heavy atom. The van der Waals surface area contributed by atoms with E-state index in [0.29, 0.717) is 11.9 Å². The van der Waals surface area contributed by atoms with Crippen molar-refractivity contribution in [1.29, 1.82) is 0 Å². The molecular formula is C12H20ClN5O. The van der Waals surface area contributed by atoms with Crippen LogP contribution in [0, 0.1) is 0 Å². The Kier molecular flexibility index (Phi) is 5.15. The fraction of sp³-hybridized carbons (Fsp3) is 0.750. The van der Waals surface area contributed by atoms with Gasteiger partial charge in [-0.15, -0.1) is 0 Å². The molecule has 1 aromatic heterocycles. The minimum absolute atomic E-state index is 0.255. The Morgan fingerprint density at radius 2 is 2.00 bits per heavy atom. The first-order valence-electron chi connectivity index (χ1n) is 6.57. The summed E-state index contributed by atoms with van der Waals surface area (Å²) in [5.74, 6) is 1.31. The minimum atomic E-state index is 0.255. The Balaban J connectivity index is 2.07. The van der Waals surface area contributed by atoms with Gasteiger partial charge in [0.1, 0.15) is 0 Å². The second kappa shape index (κ2) is 6.86. The first-order valence-corrected chi connectivity index (χ1v) is 6.95. The van der Waals surface area contributed by atoms with Crippen LogP contribution in [0.25, 0.3) is 0 Å². The summed E-state index contributed by atoms with van der Waals surface area (Å²) in [7, 11) is 3.65. The summed E-state index contributed by atoms with van der Waals surface area (Å²) in [5.41, 5.74) is 0. The molecule has 0 spiro atoms. The van der Waals surface area contributed by atoms with Crippen molar-refractivity contribution >= 4 is 23.5 Å². The number of hydrogen-bond acceptors (Lipinski definition) is 6. The molecule has 2 rings (SSSR count). The maximum atomic E-state index is 5.99. The zero-order chi connectivity index (χ0) is 13.7. The SMILES string of the molecule is COCCCN(C)c1nc(Cl)nc(N2CCCC2)n1. The van der Waals surface area contributed by atoms with Gasteiger partial charge in [0.2, 0.25) is 17.2 Å². The number of halogens is 1. The van der Waals surface area contributed by atoms with E-state index < -0.39 is 0 Å². The predicted molar refractivity (Wildman–Crippen MR) is 76.0 cm³/mol. The highest BCUT2D eigenvalue weighted by Crippen LogP contribution is 2.19. The molecule has 1 aliphatic heterocycles. The van der Waals surface area contributed by atoms with Gasteiger partial charge < -0.3 is 14.5 Å². The molecule has 0 amide bonds. The molecule has 1 aliphatic rings. The molecule has 2 heterocycles. The molecule has 1 saturated heterocycles. The van der Waals surface area contributed by atoms with Gasteiger partial charge in [-0.3, -0.25) is 0 Å². The Bertz CT molecular complexity index is 411. The second-order valence-electron chi connectivity index (χ2n) is 4.67. The standard InChI is InChI=1S/C12H20ClN5O/c1-17(6-5-9-19-2)11-14-10(13)15-12(16-11)18-7-3-4-8-18/h3-9H2,1-2H3. The summed E-state index contributed by atoms with van der Waals surface area (Å²) in [4.78, 5) is 17.0. The van der Waals surface area contributed by atoms with E-state index in [2.05, 4.69) is 19.9 Å². The van der Waals surface area contributed by atoms with Crippen molar-refractivity contribution in [3.05, 3.63) is 5.28 Å². The van der Waals surface area contributed by atoms with E-state index in [9.17, 15) is 0 Å². The molecule has 0 atom stereocenters. The predicted octanol–water partition coefficient (Wildman–Crippen LogP) is 1.60. The van der Waals surface area contributed by atoms with Crippen LogP contribution in [-0.2, 0) is 4.74 Å². The van der Waals surface area contributed by atoms with Crippen LogP contribution in [0.4, 0.5) is 11.9 Å². The third-order valence-electron chi connectivity index (χ3n) is 3.16. The van der Waals surface area contributed by atoms with Gasteiger partial charge in [-0.2, -0.15) is 15.0 Å². The van der Waals surface area contributed by atoms with Gasteiger partial charge >= 0.3 is 0 Å². The third-order valence-corrected chi connectivity index (χ3v) is 3.33. The number of anilines is 2. The molecule has 0 saturated carbocycles. The lowest BCUT2D eigenvalue weighted by Crippen LogP contribution is -2.26. The second-order valence-corrected chi connectivity index (χ2v) is 5.00. The lowest BCUT2D eigenvalue weighted by atomic mass is 10.4. The highest BCUT2D eigenvalue weighted by molar-refractivity contribution is 6.28. The maximum Gasteiger partial charge on any atom is 0.231 e. The minimum Gasteiger partial charge on any atom is -0.385 e. The van der Waals surface area contributed by atoms with Crippen molar-refractivity contribution in [3.63, 3.8) is 0 Å². The molecule has 0 bridgehead atoms. The van der Waals surface area contributed by atoms with Crippen molar-refractivity contribution in [2.45, 2.75) is 19.3 Å². The van der Waals surface area contributed by atoms with Gasteiger partial charge in [0.05, 0.1) is 0 Å². The Morgan fingerprint density at radius 1 is 1.26 bits per heavy atom. The van der Waals surface area contributed by atoms with Gasteiger partial charge in [-0.05, 0) is 30.9 Å².